The molecule has 0 spiro atoms. The van der Waals surface area contributed by atoms with Gasteiger partial charge in [0.25, 0.3) is 5.91 Å². The van der Waals surface area contributed by atoms with Gasteiger partial charge in [-0.2, -0.15) is 0 Å². The van der Waals surface area contributed by atoms with Crippen LogP contribution in [-0.2, 0) is 0 Å². The van der Waals surface area contributed by atoms with Gasteiger partial charge in [-0.1, -0.05) is 71.7 Å². The molecule has 1 atom stereocenters. The number of likely N-dealkylation sites (tertiary alicyclic amines) is 1. The maximum Gasteiger partial charge on any atom is 0.273 e. The van der Waals surface area contributed by atoms with E-state index in [1.807, 2.05) is 37.3 Å². The first-order valence-corrected chi connectivity index (χ1v) is 10.3. The number of benzene rings is 2. The third-order valence-corrected chi connectivity index (χ3v) is 5.55. The molecule has 0 saturated carbocycles. The van der Waals surface area contributed by atoms with Gasteiger partial charge in [-0.05, 0) is 38.4 Å². The van der Waals surface area contributed by atoms with E-state index in [9.17, 15) is 4.79 Å². The average Bonchev–Trinajstić information content (AvgIpc) is 3.26. The van der Waals surface area contributed by atoms with Gasteiger partial charge in [0.2, 0.25) is 0 Å². The summed E-state index contributed by atoms with van der Waals surface area (Å²) in [6, 6.07) is 20.3. The number of rotatable bonds is 6. The van der Waals surface area contributed by atoms with Crippen LogP contribution in [0.2, 0.25) is 0 Å². The molecule has 1 aliphatic heterocycles. The van der Waals surface area contributed by atoms with Gasteiger partial charge in [0.1, 0.15) is 0 Å². The molecular formula is C24H27N3O2. The highest BCUT2D eigenvalue weighted by Gasteiger charge is 2.23. The Balaban J connectivity index is 1.44. The van der Waals surface area contributed by atoms with E-state index in [0.717, 1.165) is 18.7 Å². The molecule has 5 nitrogen and oxygen atoms in total. The Bertz CT molecular complexity index is 928. The van der Waals surface area contributed by atoms with Crippen LogP contribution in [-0.4, -0.2) is 35.6 Å². The van der Waals surface area contributed by atoms with Crippen LogP contribution in [0, 0.1) is 6.92 Å². The second kappa shape index (κ2) is 9.05. The van der Waals surface area contributed by atoms with E-state index in [1.54, 1.807) is 6.07 Å². The Hall–Kier alpha value is -2.92. The Morgan fingerprint density at radius 2 is 1.79 bits per heavy atom. The van der Waals surface area contributed by atoms with Crippen molar-refractivity contribution in [3.05, 3.63) is 77.5 Å². The summed E-state index contributed by atoms with van der Waals surface area (Å²) >= 11 is 0. The lowest BCUT2D eigenvalue weighted by molar-refractivity contribution is 0.0915. The first-order valence-electron chi connectivity index (χ1n) is 10.3. The fourth-order valence-corrected chi connectivity index (χ4v) is 3.88. The third-order valence-electron chi connectivity index (χ3n) is 5.55. The molecule has 0 bridgehead atoms. The van der Waals surface area contributed by atoms with Crippen LogP contribution in [0.15, 0.2) is 65.2 Å². The lowest BCUT2D eigenvalue weighted by atomic mass is 10.0. The number of carbonyl (C=O) groups excluding carboxylic acids is 1. The zero-order chi connectivity index (χ0) is 20.1. The van der Waals surface area contributed by atoms with Crippen LogP contribution in [0.5, 0.6) is 0 Å². The molecule has 0 unspecified atom stereocenters. The van der Waals surface area contributed by atoms with Crippen molar-refractivity contribution in [1.82, 2.24) is 15.4 Å². The summed E-state index contributed by atoms with van der Waals surface area (Å²) in [7, 11) is 0. The minimum atomic E-state index is -0.204. The van der Waals surface area contributed by atoms with Crippen LogP contribution in [0.25, 0.3) is 11.3 Å². The molecule has 4 rings (SSSR count). The van der Waals surface area contributed by atoms with Crippen LogP contribution in [0.3, 0.4) is 0 Å². The van der Waals surface area contributed by atoms with Crippen molar-refractivity contribution in [2.24, 2.45) is 0 Å². The summed E-state index contributed by atoms with van der Waals surface area (Å²) in [5.74, 6) is 0.399. The summed E-state index contributed by atoms with van der Waals surface area (Å²) < 4.78 is 5.40. The molecule has 1 amide bonds. The van der Waals surface area contributed by atoms with Gasteiger partial charge in [0.05, 0.1) is 6.04 Å². The number of hydrogen-bond donors (Lipinski definition) is 1. The standard InChI is InChI=1S/C24H27N3O2/c1-18-10-12-20(13-11-18)23-16-21(26-29-23)24(28)25-17-22(19-8-4-2-5-9-19)27-14-6-3-7-15-27/h2,4-5,8-13,16,22H,3,6-7,14-15,17H2,1H3,(H,25,28)/t22-/m1/s1. The fourth-order valence-electron chi connectivity index (χ4n) is 3.88. The van der Waals surface area contributed by atoms with Gasteiger partial charge in [0.15, 0.2) is 11.5 Å². The van der Waals surface area contributed by atoms with E-state index in [2.05, 4.69) is 39.6 Å². The minimum Gasteiger partial charge on any atom is -0.355 e. The summed E-state index contributed by atoms with van der Waals surface area (Å²) in [6.07, 6.45) is 3.70. The van der Waals surface area contributed by atoms with Crippen molar-refractivity contribution in [3.63, 3.8) is 0 Å². The Morgan fingerprint density at radius 3 is 2.52 bits per heavy atom. The van der Waals surface area contributed by atoms with E-state index in [-0.39, 0.29) is 11.9 Å². The molecule has 0 aliphatic carbocycles. The molecule has 1 fully saturated rings. The zero-order valence-electron chi connectivity index (χ0n) is 16.8. The van der Waals surface area contributed by atoms with Crippen molar-refractivity contribution in [1.29, 1.82) is 0 Å². The molecule has 1 aliphatic rings. The van der Waals surface area contributed by atoms with E-state index in [4.69, 9.17) is 4.52 Å². The van der Waals surface area contributed by atoms with Gasteiger partial charge in [0, 0.05) is 18.2 Å². The van der Waals surface area contributed by atoms with Gasteiger partial charge in [-0.3, -0.25) is 9.69 Å². The highest BCUT2D eigenvalue weighted by molar-refractivity contribution is 5.93. The number of aryl methyl sites for hydroxylation is 1. The third kappa shape index (κ3) is 4.74. The highest BCUT2D eigenvalue weighted by Crippen LogP contribution is 2.24. The van der Waals surface area contributed by atoms with E-state index in [1.165, 1.54) is 30.4 Å². The average molecular weight is 389 g/mol. The number of hydrogen-bond acceptors (Lipinski definition) is 4. The lowest BCUT2D eigenvalue weighted by Gasteiger charge is -2.35. The zero-order valence-corrected chi connectivity index (χ0v) is 16.8. The van der Waals surface area contributed by atoms with E-state index >= 15 is 0 Å². The van der Waals surface area contributed by atoms with Crippen molar-refractivity contribution < 1.29 is 9.32 Å². The number of aromatic nitrogens is 1. The molecule has 1 saturated heterocycles. The van der Waals surface area contributed by atoms with Crippen LogP contribution in [0.4, 0.5) is 0 Å². The highest BCUT2D eigenvalue weighted by atomic mass is 16.5. The number of nitrogens with one attached hydrogen (secondary N) is 1. The Labute approximate surface area is 171 Å². The molecule has 2 heterocycles. The molecule has 3 aromatic rings. The van der Waals surface area contributed by atoms with Crippen LogP contribution < -0.4 is 5.32 Å². The van der Waals surface area contributed by atoms with Gasteiger partial charge >= 0.3 is 0 Å². The molecule has 1 N–H and O–H groups in total. The van der Waals surface area contributed by atoms with E-state index < -0.39 is 0 Å². The monoisotopic (exact) mass is 389 g/mol. The van der Waals surface area contributed by atoms with Gasteiger partial charge < -0.3 is 9.84 Å². The molecular weight excluding hydrogens is 362 g/mol. The fraction of sp³-hybridized carbons (Fsp3) is 0.333. The first-order chi connectivity index (χ1) is 14.2. The van der Waals surface area contributed by atoms with Crippen molar-refractivity contribution in [2.75, 3.05) is 19.6 Å². The van der Waals surface area contributed by atoms with Gasteiger partial charge in [-0.25, -0.2) is 0 Å². The molecule has 29 heavy (non-hydrogen) atoms. The summed E-state index contributed by atoms with van der Waals surface area (Å²) in [5.41, 5.74) is 3.63. The van der Waals surface area contributed by atoms with Crippen molar-refractivity contribution in [3.8, 4) is 11.3 Å². The second-order valence-corrected chi connectivity index (χ2v) is 7.68. The molecule has 5 heteroatoms. The van der Waals surface area contributed by atoms with Crippen LogP contribution >= 0.6 is 0 Å². The molecule has 150 valence electrons. The predicted molar refractivity (Wildman–Crippen MR) is 114 cm³/mol. The van der Waals surface area contributed by atoms with Gasteiger partial charge in [-0.15, -0.1) is 0 Å². The van der Waals surface area contributed by atoms with Crippen LogP contribution in [0.1, 0.15) is 46.9 Å². The Morgan fingerprint density at radius 1 is 1.07 bits per heavy atom. The number of carbonyl (C=O) groups is 1. The SMILES string of the molecule is Cc1ccc(-c2cc(C(=O)NC[C@H](c3ccccc3)N3CCCCC3)no2)cc1. The lowest BCUT2D eigenvalue weighted by Crippen LogP contribution is -2.40. The summed E-state index contributed by atoms with van der Waals surface area (Å²) in [6.45, 7) is 4.72. The second-order valence-electron chi connectivity index (χ2n) is 7.68. The van der Waals surface area contributed by atoms with E-state index in [0.29, 0.717) is 18.0 Å². The quantitative estimate of drug-likeness (QED) is 0.669. The smallest absolute Gasteiger partial charge is 0.273 e. The van der Waals surface area contributed by atoms with Crippen molar-refractivity contribution >= 4 is 5.91 Å². The van der Waals surface area contributed by atoms with Crippen molar-refractivity contribution in [2.45, 2.75) is 32.2 Å². The normalized spacial score (nSPS) is 15.8. The number of amides is 1. The Kier molecular flexibility index (Phi) is 6.06. The number of nitrogens with zero attached hydrogens (tertiary/aromatic N) is 2. The summed E-state index contributed by atoms with van der Waals surface area (Å²) in [4.78, 5) is 15.2. The maximum absolute atomic E-state index is 12.7. The number of piperidine rings is 1. The molecule has 0 radical (unpaired) electrons. The molecule has 2 aromatic carbocycles. The molecule has 1 aromatic heterocycles. The predicted octanol–water partition coefficient (Wildman–Crippen LogP) is 4.61. The largest absolute Gasteiger partial charge is 0.355 e. The minimum absolute atomic E-state index is 0.170. The summed E-state index contributed by atoms with van der Waals surface area (Å²) in [5, 5.41) is 7.04. The first kappa shape index (κ1) is 19.4. The topological polar surface area (TPSA) is 58.4 Å². The maximum atomic E-state index is 12.7.